The second-order valence-electron chi connectivity index (χ2n) is 6.11. The van der Waals surface area contributed by atoms with Crippen molar-refractivity contribution in [1.29, 1.82) is 0 Å². The molecule has 1 atom stereocenters. The average Bonchev–Trinajstić information content (AvgIpc) is 2.66. The first-order valence-electron chi connectivity index (χ1n) is 9.00. The van der Waals surface area contributed by atoms with Crippen LogP contribution in [0, 0.1) is 0 Å². The minimum atomic E-state index is -3.66. The van der Waals surface area contributed by atoms with E-state index in [0.717, 1.165) is 10.6 Å². The summed E-state index contributed by atoms with van der Waals surface area (Å²) in [5.41, 5.74) is 0.397. The van der Waals surface area contributed by atoms with Crippen LogP contribution in [0.1, 0.15) is 13.8 Å². The van der Waals surface area contributed by atoms with E-state index in [4.69, 9.17) is 9.47 Å². The number of carbonyl (C=O) groups excluding carboxylic acids is 1. The van der Waals surface area contributed by atoms with Gasteiger partial charge in [0, 0.05) is 0 Å². The van der Waals surface area contributed by atoms with E-state index < -0.39 is 22.0 Å². The van der Waals surface area contributed by atoms with Gasteiger partial charge in [0.1, 0.15) is 24.1 Å². The number of carbonyl (C=O) groups is 1. The van der Waals surface area contributed by atoms with Crippen molar-refractivity contribution in [2.24, 2.45) is 0 Å². The Morgan fingerprint density at radius 2 is 1.64 bits per heavy atom. The summed E-state index contributed by atoms with van der Waals surface area (Å²) in [7, 11) is -3.66. The third kappa shape index (κ3) is 6.16. The minimum Gasteiger partial charge on any atom is -0.494 e. The number of anilines is 1. The van der Waals surface area contributed by atoms with Gasteiger partial charge in [-0.2, -0.15) is 0 Å². The number of benzene rings is 2. The number of nitrogens with one attached hydrogen (secondary N) is 1. The van der Waals surface area contributed by atoms with E-state index in [1.165, 1.54) is 0 Å². The van der Waals surface area contributed by atoms with Crippen LogP contribution >= 0.6 is 0 Å². The van der Waals surface area contributed by atoms with Crippen LogP contribution in [0.3, 0.4) is 0 Å². The van der Waals surface area contributed by atoms with E-state index in [-0.39, 0.29) is 13.2 Å². The van der Waals surface area contributed by atoms with Gasteiger partial charge in [0.2, 0.25) is 15.9 Å². The first-order valence-corrected chi connectivity index (χ1v) is 10.9. The second-order valence-corrected chi connectivity index (χ2v) is 7.97. The van der Waals surface area contributed by atoms with Crippen molar-refractivity contribution in [3.63, 3.8) is 0 Å². The fourth-order valence-electron chi connectivity index (χ4n) is 2.67. The predicted octanol–water partition coefficient (Wildman–Crippen LogP) is 2.44. The molecule has 0 aliphatic rings. The van der Waals surface area contributed by atoms with Crippen molar-refractivity contribution < 1.29 is 22.7 Å². The number of para-hydroxylation sites is 1. The summed E-state index contributed by atoms with van der Waals surface area (Å²) in [5.74, 6) is 0.933. The molecule has 28 heavy (non-hydrogen) atoms. The maximum absolute atomic E-state index is 12.5. The van der Waals surface area contributed by atoms with Crippen LogP contribution in [0.15, 0.2) is 54.6 Å². The summed E-state index contributed by atoms with van der Waals surface area (Å²) >= 11 is 0. The molecule has 0 aromatic heterocycles. The number of hydrogen-bond acceptors (Lipinski definition) is 5. The highest BCUT2D eigenvalue weighted by atomic mass is 32.2. The van der Waals surface area contributed by atoms with Gasteiger partial charge in [0.05, 0.1) is 25.1 Å². The molecule has 2 aromatic rings. The van der Waals surface area contributed by atoms with Gasteiger partial charge in [0.15, 0.2) is 0 Å². The fraction of sp³-hybridized carbons (Fsp3) is 0.350. The van der Waals surface area contributed by atoms with Crippen LogP contribution in [0.25, 0.3) is 0 Å². The zero-order valence-electron chi connectivity index (χ0n) is 16.3. The summed E-state index contributed by atoms with van der Waals surface area (Å²) in [6.07, 6.45) is 1.08. The standard InChI is InChI=1S/C20H26N2O5S/c1-4-26-19-12-10-17(11-13-19)22(28(3,24)25)16(2)20(23)21-14-15-27-18-8-6-5-7-9-18/h5-13,16H,4,14-15H2,1-3H3,(H,21,23). The van der Waals surface area contributed by atoms with E-state index in [9.17, 15) is 13.2 Å². The lowest BCUT2D eigenvalue weighted by Gasteiger charge is -2.28. The molecule has 152 valence electrons. The molecule has 8 heteroatoms. The van der Waals surface area contributed by atoms with Crippen LogP contribution in [0.2, 0.25) is 0 Å². The van der Waals surface area contributed by atoms with Gasteiger partial charge in [-0.15, -0.1) is 0 Å². The lowest BCUT2D eigenvalue weighted by Crippen LogP contribution is -2.48. The topological polar surface area (TPSA) is 84.9 Å². The third-order valence-corrected chi connectivity index (χ3v) is 5.15. The number of ether oxygens (including phenoxy) is 2. The van der Waals surface area contributed by atoms with Crippen molar-refractivity contribution in [3.8, 4) is 11.5 Å². The van der Waals surface area contributed by atoms with Crippen molar-refractivity contribution in [2.75, 3.05) is 30.3 Å². The summed E-state index contributed by atoms with van der Waals surface area (Å²) in [5, 5.41) is 2.71. The molecule has 0 saturated carbocycles. The Balaban J connectivity index is 1.99. The molecule has 1 amide bonds. The highest BCUT2D eigenvalue weighted by molar-refractivity contribution is 7.92. The monoisotopic (exact) mass is 406 g/mol. The Hall–Kier alpha value is -2.74. The normalized spacial score (nSPS) is 12.1. The average molecular weight is 407 g/mol. The fourth-order valence-corrected chi connectivity index (χ4v) is 3.85. The van der Waals surface area contributed by atoms with Gasteiger partial charge in [0.25, 0.3) is 0 Å². The first-order chi connectivity index (χ1) is 13.3. The van der Waals surface area contributed by atoms with Crippen molar-refractivity contribution in [2.45, 2.75) is 19.9 Å². The molecular weight excluding hydrogens is 380 g/mol. The van der Waals surface area contributed by atoms with Gasteiger partial charge in [-0.3, -0.25) is 9.10 Å². The Morgan fingerprint density at radius 3 is 2.21 bits per heavy atom. The Kier molecular flexibility index (Phi) is 7.69. The van der Waals surface area contributed by atoms with Gasteiger partial charge >= 0.3 is 0 Å². The predicted molar refractivity (Wildman–Crippen MR) is 109 cm³/mol. The molecule has 0 heterocycles. The van der Waals surface area contributed by atoms with Crippen molar-refractivity contribution in [3.05, 3.63) is 54.6 Å². The van der Waals surface area contributed by atoms with Gasteiger partial charge < -0.3 is 14.8 Å². The molecule has 0 aliphatic carbocycles. The molecule has 0 saturated heterocycles. The van der Waals surface area contributed by atoms with E-state index in [1.54, 1.807) is 31.2 Å². The molecular formula is C20H26N2O5S. The quantitative estimate of drug-likeness (QED) is 0.613. The number of nitrogens with zero attached hydrogens (tertiary/aromatic N) is 1. The van der Waals surface area contributed by atoms with E-state index >= 15 is 0 Å². The molecule has 1 unspecified atom stereocenters. The van der Waals surface area contributed by atoms with Gasteiger partial charge in [-0.25, -0.2) is 8.42 Å². The van der Waals surface area contributed by atoms with Crippen LogP contribution in [-0.2, 0) is 14.8 Å². The number of amides is 1. The molecule has 2 rings (SSSR count). The highest BCUT2D eigenvalue weighted by Gasteiger charge is 2.28. The largest absolute Gasteiger partial charge is 0.494 e. The maximum Gasteiger partial charge on any atom is 0.243 e. The molecule has 2 aromatic carbocycles. The van der Waals surface area contributed by atoms with E-state index in [2.05, 4.69) is 5.32 Å². The molecule has 0 fully saturated rings. The van der Waals surface area contributed by atoms with E-state index in [0.29, 0.717) is 23.8 Å². The zero-order chi connectivity index (χ0) is 20.6. The first kappa shape index (κ1) is 21.6. The summed E-state index contributed by atoms with van der Waals surface area (Å²) < 4.78 is 36.6. The molecule has 1 N–H and O–H groups in total. The summed E-state index contributed by atoms with van der Waals surface area (Å²) in [6.45, 7) is 4.47. The number of sulfonamides is 1. The molecule has 7 nitrogen and oxygen atoms in total. The molecule has 0 radical (unpaired) electrons. The Labute approximate surface area is 166 Å². The lowest BCUT2D eigenvalue weighted by molar-refractivity contribution is -0.121. The Morgan fingerprint density at radius 1 is 1.04 bits per heavy atom. The molecule has 0 bridgehead atoms. The van der Waals surface area contributed by atoms with E-state index in [1.807, 2.05) is 37.3 Å². The molecule has 0 aliphatic heterocycles. The number of hydrogen-bond donors (Lipinski definition) is 1. The van der Waals surface area contributed by atoms with Gasteiger partial charge in [-0.1, -0.05) is 18.2 Å². The van der Waals surface area contributed by atoms with Crippen LogP contribution in [0.4, 0.5) is 5.69 Å². The third-order valence-electron chi connectivity index (χ3n) is 3.90. The maximum atomic E-state index is 12.5. The van der Waals surface area contributed by atoms with Crippen LogP contribution in [-0.4, -0.2) is 46.4 Å². The van der Waals surface area contributed by atoms with Gasteiger partial charge in [-0.05, 0) is 50.2 Å². The summed E-state index contributed by atoms with van der Waals surface area (Å²) in [4.78, 5) is 12.5. The lowest BCUT2D eigenvalue weighted by atomic mass is 10.2. The van der Waals surface area contributed by atoms with Crippen LogP contribution < -0.4 is 19.1 Å². The van der Waals surface area contributed by atoms with Crippen LogP contribution in [0.5, 0.6) is 11.5 Å². The highest BCUT2D eigenvalue weighted by Crippen LogP contribution is 2.24. The minimum absolute atomic E-state index is 0.263. The number of rotatable bonds is 10. The summed E-state index contributed by atoms with van der Waals surface area (Å²) in [6, 6.07) is 14.9. The zero-order valence-corrected chi connectivity index (χ0v) is 17.1. The molecule has 0 spiro atoms. The van der Waals surface area contributed by atoms with Crippen molar-refractivity contribution in [1.82, 2.24) is 5.32 Å². The second kappa shape index (κ2) is 9.98. The SMILES string of the molecule is CCOc1ccc(N(C(C)C(=O)NCCOc2ccccc2)S(C)(=O)=O)cc1. The van der Waals surface area contributed by atoms with Crippen molar-refractivity contribution >= 4 is 21.6 Å². The smallest absolute Gasteiger partial charge is 0.243 e. The Bertz CT molecular complexity index is 854.